The molecule has 0 aliphatic carbocycles. The first-order valence-electron chi connectivity index (χ1n) is 12.4. The Hall–Kier alpha value is -4.17. The number of rotatable bonds is 3. The van der Waals surface area contributed by atoms with Crippen molar-refractivity contribution in [1.29, 1.82) is 0 Å². The van der Waals surface area contributed by atoms with Crippen molar-refractivity contribution in [2.75, 3.05) is 37.7 Å². The van der Waals surface area contributed by atoms with Crippen molar-refractivity contribution in [2.24, 2.45) is 0 Å². The predicted octanol–water partition coefficient (Wildman–Crippen LogP) is 3.41. The van der Waals surface area contributed by atoms with E-state index in [2.05, 4.69) is 0 Å². The van der Waals surface area contributed by atoms with Gasteiger partial charge in [-0.05, 0) is 41.5 Å². The molecule has 3 aromatic carbocycles. The van der Waals surface area contributed by atoms with Crippen LogP contribution in [0.25, 0.3) is 0 Å². The van der Waals surface area contributed by atoms with E-state index in [0.717, 1.165) is 11.1 Å². The van der Waals surface area contributed by atoms with E-state index in [9.17, 15) is 14.4 Å². The first-order valence-corrected chi connectivity index (χ1v) is 12.4. The van der Waals surface area contributed by atoms with Gasteiger partial charge >= 0.3 is 5.97 Å². The smallest absolute Gasteiger partial charge is 0.339 e. The molecular weight excluding hydrogens is 472 g/mol. The number of hydrogen-bond acceptors (Lipinski definition) is 6. The molecule has 0 bridgehead atoms. The predicted molar refractivity (Wildman–Crippen MR) is 135 cm³/mol. The molecule has 37 heavy (non-hydrogen) atoms. The largest absolute Gasteiger partial charge is 0.476 e. The number of esters is 1. The van der Waals surface area contributed by atoms with Gasteiger partial charge in [-0.15, -0.1) is 0 Å². The van der Waals surface area contributed by atoms with Crippen LogP contribution in [0.5, 0.6) is 5.75 Å². The zero-order chi connectivity index (χ0) is 25.4. The molecule has 2 atom stereocenters. The summed E-state index contributed by atoms with van der Waals surface area (Å²) in [6.07, 6.45) is -0.748. The number of ether oxygens (including phenoxy) is 3. The molecule has 1 saturated heterocycles. The molecule has 0 N–H and O–H groups in total. The van der Waals surface area contributed by atoms with E-state index >= 15 is 0 Å². The molecule has 2 amide bonds. The number of amides is 2. The molecule has 6 rings (SSSR count). The summed E-state index contributed by atoms with van der Waals surface area (Å²) in [7, 11) is 0. The molecule has 0 saturated carbocycles. The zero-order valence-corrected chi connectivity index (χ0v) is 20.2. The lowest BCUT2D eigenvalue weighted by Crippen LogP contribution is -2.54. The molecule has 8 nitrogen and oxygen atoms in total. The van der Waals surface area contributed by atoms with Crippen LogP contribution >= 0.6 is 0 Å². The van der Waals surface area contributed by atoms with E-state index in [4.69, 9.17) is 14.2 Å². The van der Waals surface area contributed by atoms with Crippen molar-refractivity contribution >= 4 is 23.5 Å². The van der Waals surface area contributed by atoms with Crippen molar-refractivity contribution in [3.8, 4) is 5.75 Å². The van der Waals surface area contributed by atoms with Crippen molar-refractivity contribution in [3.05, 3.63) is 95.1 Å². The average molecular weight is 499 g/mol. The highest BCUT2D eigenvalue weighted by Gasteiger charge is 2.37. The molecular formula is C29H26N2O6. The molecule has 0 radical (unpaired) electrons. The van der Waals surface area contributed by atoms with Crippen molar-refractivity contribution in [1.82, 2.24) is 4.90 Å². The maximum atomic E-state index is 13.8. The minimum Gasteiger partial charge on any atom is -0.476 e. The average Bonchev–Trinajstić information content (AvgIpc) is 2.96. The van der Waals surface area contributed by atoms with E-state index < -0.39 is 18.2 Å². The van der Waals surface area contributed by atoms with E-state index in [1.807, 2.05) is 48.5 Å². The normalized spacial score (nSPS) is 20.8. The maximum absolute atomic E-state index is 13.8. The molecule has 3 aliphatic rings. The lowest BCUT2D eigenvalue weighted by molar-refractivity contribution is -0.142. The molecule has 1 fully saturated rings. The Balaban J connectivity index is 1.29. The van der Waals surface area contributed by atoms with Crippen LogP contribution in [0.15, 0.2) is 72.8 Å². The molecule has 3 aliphatic heterocycles. The Morgan fingerprint density at radius 1 is 0.865 bits per heavy atom. The number of fused-ring (bicyclic) bond motifs is 2. The van der Waals surface area contributed by atoms with E-state index in [1.54, 1.807) is 34.1 Å². The fraction of sp³-hybridized carbons (Fsp3) is 0.276. The highest BCUT2D eigenvalue weighted by atomic mass is 16.5. The van der Waals surface area contributed by atoms with E-state index in [-0.39, 0.29) is 18.4 Å². The highest BCUT2D eigenvalue weighted by Crippen LogP contribution is 2.36. The summed E-state index contributed by atoms with van der Waals surface area (Å²) in [5.41, 5.74) is 3.18. The molecule has 8 heteroatoms. The van der Waals surface area contributed by atoms with Gasteiger partial charge in [0.15, 0.2) is 6.10 Å². The summed E-state index contributed by atoms with van der Waals surface area (Å²) in [6.45, 7) is 2.06. The maximum Gasteiger partial charge on any atom is 0.339 e. The van der Waals surface area contributed by atoms with Crippen LogP contribution in [0.4, 0.5) is 5.69 Å². The summed E-state index contributed by atoms with van der Waals surface area (Å²) < 4.78 is 17.1. The number of morpholine rings is 1. The third-order valence-electron chi connectivity index (χ3n) is 7.02. The van der Waals surface area contributed by atoms with Gasteiger partial charge < -0.3 is 24.0 Å². The number of hydrogen-bond donors (Lipinski definition) is 0. The Labute approximate surface area is 214 Å². The van der Waals surface area contributed by atoms with Gasteiger partial charge in [-0.1, -0.05) is 42.5 Å². The summed E-state index contributed by atoms with van der Waals surface area (Å²) in [6, 6.07) is 21.9. The van der Waals surface area contributed by atoms with Crippen LogP contribution in [0.3, 0.4) is 0 Å². The number of nitrogens with zero attached hydrogens (tertiary/aromatic N) is 2. The SMILES string of the molecule is O=C1O[C@H](c2ccccc2)Cc2cc(C(=O)N3C[C@@H](C(=O)N4CCOCC4)Oc4ccccc43)ccc21. The summed E-state index contributed by atoms with van der Waals surface area (Å²) in [5, 5.41) is 0. The highest BCUT2D eigenvalue weighted by molar-refractivity contribution is 6.08. The fourth-order valence-corrected chi connectivity index (χ4v) is 5.08. The third kappa shape index (κ3) is 4.44. The monoisotopic (exact) mass is 498 g/mol. The van der Waals surface area contributed by atoms with Gasteiger partial charge in [0.25, 0.3) is 11.8 Å². The second-order valence-electron chi connectivity index (χ2n) is 9.31. The fourth-order valence-electron chi connectivity index (χ4n) is 5.08. The molecule has 0 unspecified atom stereocenters. The Bertz CT molecular complexity index is 1350. The van der Waals surface area contributed by atoms with E-state index in [0.29, 0.717) is 55.3 Å². The molecule has 3 heterocycles. The summed E-state index contributed by atoms with van der Waals surface area (Å²) in [4.78, 5) is 43.1. The summed E-state index contributed by atoms with van der Waals surface area (Å²) >= 11 is 0. The Morgan fingerprint density at radius 2 is 1.62 bits per heavy atom. The standard InChI is InChI=1S/C29H26N2O6/c32-27(20-10-11-22-21(16-20)17-25(37-29(22)34)19-6-2-1-3-7-19)31-18-26(28(33)30-12-14-35-15-13-30)36-24-9-5-4-8-23(24)31/h1-11,16,25-26H,12-15,17-18H2/t25-,26-/m0/s1. The topological polar surface area (TPSA) is 85.4 Å². The number of benzene rings is 3. The first kappa shape index (κ1) is 23.2. The lowest BCUT2D eigenvalue weighted by Gasteiger charge is -2.37. The van der Waals surface area contributed by atoms with Crippen molar-refractivity contribution in [3.63, 3.8) is 0 Å². The minimum absolute atomic E-state index is 0.0950. The minimum atomic E-state index is -0.813. The van der Waals surface area contributed by atoms with Gasteiger partial charge in [0.1, 0.15) is 11.9 Å². The second-order valence-corrected chi connectivity index (χ2v) is 9.31. The van der Waals surface area contributed by atoms with Crippen LogP contribution in [0.1, 0.15) is 37.9 Å². The van der Waals surface area contributed by atoms with Gasteiger partial charge in [0.2, 0.25) is 0 Å². The van der Waals surface area contributed by atoms with Crippen molar-refractivity contribution < 1.29 is 28.6 Å². The summed E-state index contributed by atoms with van der Waals surface area (Å²) in [5.74, 6) is -0.329. The lowest BCUT2D eigenvalue weighted by atomic mass is 9.93. The number of anilines is 1. The Morgan fingerprint density at radius 3 is 2.43 bits per heavy atom. The van der Waals surface area contributed by atoms with Crippen LogP contribution in [-0.2, 0) is 20.7 Å². The van der Waals surface area contributed by atoms with Crippen LogP contribution in [-0.4, -0.2) is 61.6 Å². The van der Waals surface area contributed by atoms with Gasteiger partial charge in [0.05, 0.1) is 31.0 Å². The van der Waals surface area contributed by atoms with Gasteiger partial charge in [-0.2, -0.15) is 0 Å². The Kier molecular flexibility index (Phi) is 6.10. The number of carbonyl (C=O) groups excluding carboxylic acids is 3. The second kappa shape index (κ2) is 9.71. The van der Waals surface area contributed by atoms with Crippen molar-refractivity contribution in [2.45, 2.75) is 18.6 Å². The van der Waals surface area contributed by atoms with E-state index in [1.165, 1.54) is 0 Å². The quantitative estimate of drug-likeness (QED) is 0.515. The van der Waals surface area contributed by atoms with Gasteiger partial charge in [-0.25, -0.2) is 4.79 Å². The molecule has 0 aromatic heterocycles. The first-order chi connectivity index (χ1) is 18.1. The van der Waals surface area contributed by atoms with Crippen LogP contribution in [0, 0.1) is 0 Å². The molecule has 188 valence electrons. The zero-order valence-electron chi connectivity index (χ0n) is 20.2. The third-order valence-corrected chi connectivity index (χ3v) is 7.02. The van der Waals surface area contributed by atoms with Crippen LogP contribution in [0.2, 0.25) is 0 Å². The van der Waals surface area contributed by atoms with Gasteiger partial charge in [0, 0.05) is 25.1 Å². The molecule has 0 spiro atoms. The number of cyclic esters (lactones) is 1. The number of para-hydroxylation sites is 2. The number of carbonyl (C=O) groups is 3. The van der Waals surface area contributed by atoms with Gasteiger partial charge in [-0.3, -0.25) is 9.59 Å². The molecule has 3 aromatic rings. The van der Waals surface area contributed by atoms with Crippen LogP contribution < -0.4 is 9.64 Å².